The second-order valence-corrected chi connectivity index (χ2v) is 4.65. The molecule has 2 aromatic rings. The minimum absolute atomic E-state index is 0.220. The van der Waals surface area contributed by atoms with Crippen LogP contribution in [0.1, 0.15) is 15.9 Å². The van der Waals surface area contributed by atoms with Gasteiger partial charge in [0.2, 0.25) is 5.72 Å². The summed E-state index contributed by atoms with van der Waals surface area (Å²) in [6, 6.07) is 16.8. The van der Waals surface area contributed by atoms with Gasteiger partial charge in [-0.2, -0.15) is 0 Å². The molecule has 0 radical (unpaired) electrons. The van der Waals surface area contributed by atoms with Crippen LogP contribution in [0.5, 0.6) is 0 Å². The van der Waals surface area contributed by atoms with Crippen molar-refractivity contribution in [3.63, 3.8) is 0 Å². The molecular weight excluding hydrogens is 270 g/mol. The zero-order valence-corrected chi connectivity index (χ0v) is 11.2. The van der Waals surface area contributed by atoms with E-state index in [0.717, 1.165) is 0 Å². The molecule has 2 rings (SSSR count). The van der Waals surface area contributed by atoms with Crippen molar-refractivity contribution in [2.24, 2.45) is 0 Å². The molecule has 0 saturated heterocycles. The normalized spacial score (nSPS) is 13.2. The van der Waals surface area contributed by atoms with Crippen molar-refractivity contribution in [2.75, 3.05) is 0 Å². The van der Waals surface area contributed by atoms with E-state index in [9.17, 15) is 19.8 Å². The number of nitrogens with one attached hydrogen (secondary N) is 1. The molecule has 1 unspecified atom stereocenters. The lowest BCUT2D eigenvalue weighted by Gasteiger charge is -2.24. The van der Waals surface area contributed by atoms with E-state index < -0.39 is 17.6 Å². The van der Waals surface area contributed by atoms with E-state index in [1.807, 2.05) is 0 Å². The van der Waals surface area contributed by atoms with Gasteiger partial charge in [-0.25, -0.2) is 4.79 Å². The van der Waals surface area contributed by atoms with Crippen molar-refractivity contribution >= 4 is 11.9 Å². The first kappa shape index (κ1) is 14.7. The van der Waals surface area contributed by atoms with Gasteiger partial charge in [-0.3, -0.25) is 4.79 Å². The Bertz CT molecular complexity index is 627. The fourth-order valence-electron chi connectivity index (χ4n) is 1.91. The summed E-state index contributed by atoms with van der Waals surface area (Å²) in [6.45, 7) is 0. The van der Waals surface area contributed by atoms with E-state index in [4.69, 9.17) is 0 Å². The zero-order valence-electron chi connectivity index (χ0n) is 11.2. The number of amides is 1. The molecule has 0 aliphatic rings. The fraction of sp³-hybridized carbons (Fsp3) is 0.125. The highest BCUT2D eigenvalue weighted by Crippen LogP contribution is 2.13. The van der Waals surface area contributed by atoms with Crippen LogP contribution in [-0.4, -0.2) is 27.8 Å². The molecule has 21 heavy (non-hydrogen) atoms. The first-order valence-electron chi connectivity index (χ1n) is 6.38. The average molecular weight is 285 g/mol. The van der Waals surface area contributed by atoms with Crippen LogP contribution in [-0.2, 0) is 11.2 Å². The van der Waals surface area contributed by atoms with E-state index >= 15 is 0 Å². The molecule has 0 heterocycles. The summed E-state index contributed by atoms with van der Waals surface area (Å²) >= 11 is 0. The summed E-state index contributed by atoms with van der Waals surface area (Å²) in [5, 5.41) is 21.6. The number of hydrogen-bond acceptors (Lipinski definition) is 3. The predicted octanol–water partition coefficient (Wildman–Crippen LogP) is 1.43. The van der Waals surface area contributed by atoms with Gasteiger partial charge in [-0.1, -0.05) is 48.5 Å². The summed E-state index contributed by atoms with van der Waals surface area (Å²) in [6.07, 6.45) is -0.220. The monoisotopic (exact) mass is 285 g/mol. The van der Waals surface area contributed by atoms with Gasteiger partial charge in [0.15, 0.2) is 0 Å². The first-order valence-corrected chi connectivity index (χ1v) is 6.38. The standard InChI is InChI=1S/C16H15NO4/c18-14(13-9-5-2-6-10-13)17-16(21,15(19)20)11-12-7-3-1-4-8-12/h1-10,21H,11H2,(H,17,18)(H,19,20). The molecular formula is C16H15NO4. The van der Waals surface area contributed by atoms with E-state index in [1.165, 1.54) is 0 Å². The molecule has 3 N–H and O–H groups in total. The highest BCUT2D eigenvalue weighted by atomic mass is 16.4. The lowest BCUT2D eigenvalue weighted by molar-refractivity contribution is -0.160. The Balaban J connectivity index is 2.19. The Kier molecular flexibility index (Phi) is 4.35. The average Bonchev–Trinajstić information content (AvgIpc) is 2.49. The van der Waals surface area contributed by atoms with Crippen LogP contribution in [0.15, 0.2) is 60.7 Å². The third-order valence-corrected chi connectivity index (χ3v) is 3.01. The SMILES string of the molecule is O=C(NC(O)(Cc1ccccc1)C(=O)O)c1ccccc1. The summed E-state index contributed by atoms with van der Waals surface area (Å²) in [4.78, 5) is 23.3. The number of aliphatic hydroxyl groups is 1. The minimum atomic E-state index is -2.35. The third-order valence-electron chi connectivity index (χ3n) is 3.01. The predicted molar refractivity (Wildman–Crippen MR) is 76.6 cm³/mol. The van der Waals surface area contributed by atoms with Crippen molar-refractivity contribution in [3.8, 4) is 0 Å². The second-order valence-electron chi connectivity index (χ2n) is 4.65. The number of aliphatic carboxylic acids is 1. The molecule has 1 amide bonds. The lowest BCUT2D eigenvalue weighted by Crippen LogP contribution is -2.56. The molecule has 0 aliphatic carbocycles. The van der Waals surface area contributed by atoms with E-state index in [-0.39, 0.29) is 12.0 Å². The van der Waals surface area contributed by atoms with E-state index in [1.54, 1.807) is 60.7 Å². The second kappa shape index (κ2) is 6.19. The topological polar surface area (TPSA) is 86.6 Å². The number of carbonyl (C=O) groups excluding carboxylic acids is 1. The van der Waals surface area contributed by atoms with Gasteiger partial charge >= 0.3 is 5.97 Å². The van der Waals surface area contributed by atoms with Crippen LogP contribution in [0, 0.1) is 0 Å². The number of carboxylic acid groups (broad SMARTS) is 1. The highest BCUT2D eigenvalue weighted by molar-refractivity contribution is 5.97. The van der Waals surface area contributed by atoms with Crippen LogP contribution < -0.4 is 5.32 Å². The first-order chi connectivity index (χ1) is 10.0. The number of hydrogen-bond donors (Lipinski definition) is 3. The Morgan fingerprint density at radius 3 is 2.00 bits per heavy atom. The van der Waals surface area contributed by atoms with Crippen molar-refractivity contribution in [2.45, 2.75) is 12.1 Å². The molecule has 0 fully saturated rings. The van der Waals surface area contributed by atoms with Crippen molar-refractivity contribution in [3.05, 3.63) is 71.8 Å². The molecule has 5 nitrogen and oxygen atoms in total. The van der Waals surface area contributed by atoms with Gasteiger partial charge in [0.25, 0.3) is 5.91 Å². The van der Waals surface area contributed by atoms with Crippen LogP contribution in [0.3, 0.4) is 0 Å². The molecule has 0 aromatic heterocycles. The van der Waals surface area contributed by atoms with Gasteiger partial charge in [0.05, 0.1) is 0 Å². The van der Waals surface area contributed by atoms with Gasteiger partial charge in [0, 0.05) is 12.0 Å². The number of carboxylic acids is 1. The van der Waals surface area contributed by atoms with Gasteiger partial charge < -0.3 is 15.5 Å². The molecule has 1 atom stereocenters. The number of rotatable bonds is 5. The Labute approximate surface area is 121 Å². The summed E-state index contributed by atoms with van der Waals surface area (Å²) in [5.41, 5.74) is -1.46. The van der Waals surface area contributed by atoms with Crippen LogP contribution in [0.25, 0.3) is 0 Å². The maximum Gasteiger partial charge on any atom is 0.357 e. The molecule has 108 valence electrons. The molecule has 5 heteroatoms. The molecule has 0 aliphatic heterocycles. The Morgan fingerprint density at radius 1 is 0.952 bits per heavy atom. The molecule has 2 aromatic carbocycles. The van der Waals surface area contributed by atoms with Crippen LogP contribution in [0.2, 0.25) is 0 Å². The van der Waals surface area contributed by atoms with Crippen LogP contribution >= 0.6 is 0 Å². The molecule has 0 bridgehead atoms. The molecule has 0 spiro atoms. The van der Waals surface area contributed by atoms with Crippen LogP contribution in [0.4, 0.5) is 0 Å². The summed E-state index contributed by atoms with van der Waals surface area (Å²) in [5.74, 6) is -2.15. The zero-order chi connectivity index (χ0) is 15.3. The van der Waals surface area contributed by atoms with Gasteiger partial charge in [-0.15, -0.1) is 0 Å². The van der Waals surface area contributed by atoms with Gasteiger partial charge in [0.1, 0.15) is 0 Å². The van der Waals surface area contributed by atoms with Crippen molar-refractivity contribution in [1.29, 1.82) is 0 Å². The number of carbonyl (C=O) groups is 2. The third kappa shape index (κ3) is 3.67. The lowest BCUT2D eigenvalue weighted by atomic mass is 10.0. The number of benzene rings is 2. The Morgan fingerprint density at radius 2 is 1.48 bits per heavy atom. The maximum absolute atomic E-state index is 12.0. The largest absolute Gasteiger partial charge is 0.478 e. The van der Waals surface area contributed by atoms with E-state index in [2.05, 4.69) is 5.32 Å². The minimum Gasteiger partial charge on any atom is -0.478 e. The quantitative estimate of drug-likeness (QED) is 0.725. The summed E-state index contributed by atoms with van der Waals surface area (Å²) in [7, 11) is 0. The van der Waals surface area contributed by atoms with Crippen molar-refractivity contribution in [1.82, 2.24) is 5.32 Å². The van der Waals surface area contributed by atoms with Gasteiger partial charge in [-0.05, 0) is 17.7 Å². The fourth-order valence-corrected chi connectivity index (χ4v) is 1.91. The van der Waals surface area contributed by atoms with Crippen molar-refractivity contribution < 1.29 is 19.8 Å². The molecule has 0 saturated carbocycles. The van der Waals surface area contributed by atoms with E-state index in [0.29, 0.717) is 5.56 Å². The summed E-state index contributed by atoms with van der Waals surface area (Å²) < 4.78 is 0. The smallest absolute Gasteiger partial charge is 0.357 e. The Hall–Kier alpha value is -2.66. The highest BCUT2D eigenvalue weighted by Gasteiger charge is 2.38. The maximum atomic E-state index is 12.0.